The number of hydrogen-bond donors (Lipinski definition) is 1. The lowest BCUT2D eigenvalue weighted by atomic mass is 9.96. The van der Waals surface area contributed by atoms with Crippen LogP contribution in [0.1, 0.15) is 24.8 Å². The third kappa shape index (κ3) is 4.87. The normalized spacial score (nSPS) is 19.9. The number of methoxy groups -OCH3 is 1. The fraction of sp³-hybridized carbons (Fsp3) is 0.458. The molecule has 1 N–H and O–H groups in total. The monoisotopic (exact) mass is 410 g/mol. The van der Waals surface area contributed by atoms with Crippen LogP contribution in [0.4, 0.5) is 5.69 Å². The first-order chi connectivity index (χ1) is 14.6. The Balaban J connectivity index is 1.52. The van der Waals surface area contributed by atoms with Gasteiger partial charge in [-0.05, 0) is 43.4 Å². The van der Waals surface area contributed by atoms with E-state index in [1.54, 1.807) is 7.11 Å². The average Bonchev–Trinajstić information content (AvgIpc) is 2.72. The van der Waals surface area contributed by atoms with Crippen molar-refractivity contribution >= 4 is 11.7 Å². The molecule has 30 heavy (non-hydrogen) atoms. The Morgan fingerprint density at radius 2 is 1.90 bits per heavy atom. The zero-order valence-electron chi connectivity index (χ0n) is 17.5. The van der Waals surface area contributed by atoms with Gasteiger partial charge in [-0.2, -0.15) is 0 Å². The number of aliphatic carboxylic acids is 1. The number of carboxylic acid groups (broad SMARTS) is 1. The molecule has 1 atom stereocenters. The fourth-order valence-corrected chi connectivity index (χ4v) is 4.21. The fourth-order valence-electron chi connectivity index (χ4n) is 4.21. The number of hydrogen-bond acceptors (Lipinski definition) is 5. The van der Waals surface area contributed by atoms with Crippen molar-refractivity contribution in [1.82, 2.24) is 4.90 Å². The number of ether oxygens (including phenoxy) is 2. The maximum atomic E-state index is 11.4. The van der Waals surface area contributed by atoms with Crippen molar-refractivity contribution < 1.29 is 19.4 Å². The van der Waals surface area contributed by atoms with Gasteiger partial charge in [-0.3, -0.25) is 9.69 Å². The highest BCUT2D eigenvalue weighted by atomic mass is 16.5. The van der Waals surface area contributed by atoms with E-state index < -0.39 is 5.97 Å². The lowest BCUT2D eigenvalue weighted by molar-refractivity contribution is -0.139. The number of piperazine rings is 1. The van der Waals surface area contributed by atoms with Crippen molar-refractivity contribution in [3.05, 3.63) is 54.1 Å². The van der Waals surface area contributed by atoms with Crippen molar-refractivity contribution in [1.29, 1.82) is 0 Å². The molecule has 0 bridgehead atoms. The molecule has 0 amide bonds. The summed E-state index contributed by atoms with van der Waals surface area (Å²) in [5.41, 5.74) is 2.32. The molecule has 0 unspecified atom stereocenters. The van der Waals surface area contributed by atoms with E-state index in [4.69, 9.17) is 9.47 Å². The van der Waals surface area contributed by atoms with E-state index in [1.807, 2.05) is 24.3 Å². The van der Waals surface area contributed by atoms with Gasteiger partial charge in [0, 0.05) is 37.4 Å². The molecule has 2 aromatic carbocycles. The minimum absolute atomic E-state index is 0.0734. The molecule has 0 radical (unpaired) electrons. The first kappa shape index (κ1) is 20.5. The number of rotatable bonds is 8. The van der Waals surface area contributed by atoms with E-state index in [9.17, 15) is 9.90 Å². The van der Waals surface area contributed by atoms with E-state index in [-0.39, 0.29) is 18.7 Å². The molecule has 0 aromatic heterocycles. The van der Waals surface area contributed by atoms with Crippen LogP contribution in [0.25, 0.3) is 0 Å². The van der Waals surface area contributed by atoms with Crippen LogP contribution in [0, 0.1) is 0 Å². The molecular weight excluding hydrogens is 380 g/mol. The zero-order chi connectivity index (χ0) is 20.9. The molecule has 160 valence electrons. The highest BCUT2D eigenvalue weighted by molar-refractivity contribution is 5.69. The molecular formula is C24H30N2O4. The van der Waals surface area contributed by atoms with E-state index in [0.717, 1.165) is 49.5 Å². The van der Waals surface area contributed by atoms with Gasteiger partial charge in [0.15, 0.2) is 11.5 Å². The second kappa shape index (κ2) is 9.39. The number of carbonyl (C=O) groups is 1. The molecule has 2 aliphatic rings. The minimum atomic E-state index is -0.776. The van der Waals surface area contributed by atoms with Crippen molar-refractivity contribution in [3.63, 3.8) is 0 Å². The Bertz CT molecular complexity index is 854. The van der Waals surface area contributed by atoms with Crippen LogP contribution in [0.3, 0.4) is 0 Å². The van der Waals surface area contributed by atoms with E-state index >= 15 is 0 Å². The van der Waals surface area contributed by atoms with Gasteiger partial charge in [0.25, 0.3) is 0 Å². The number of anilines is 1. The predicted octanol–water partition coefficient (Wildman–Crippen LogP) is 3.44. The summed E-state index contributed by atoms with van der Waals surface area (Å²) in [5.74, 6) is 0.783. The Hall–Kier alpha value is -2.73. The molecule has 2 fully saturated rings. The quantitative estimate of drug-likeness (QED) is 0.719. The number of carboxylic acids is 1. The van der Waals surface area contributed by atoms with Crippen LogP contribution in [-0.4, -0.2) is 61.4 Å². The van der Waals surface area contributed by atoms with E-state index in [0.29, 0.717) is 6.54 Å². The summed E-state index contributed by atoms with van der Waals surface area (Å²) in [6.07, 6.45) is 4.53. The molecule has 6 heteroatoms. The summed E-state index contributed by atoms with van der Waals surface area (Å²) in [6.45, 7) is 2.35. The van der Waals surface area contributed by atoms with Crippen LogP contribution in [0.15, 0.2) is 48.5 Å². The smallest absolute Gasteiger partial charge is 0.317 e. The van der Waals surface area contributed by atoms with Gasteiger partial charge in [0.05, 0.1) is 19.8 Å². The van der Waals surface area contributed by atoms with Crippen molar-refractivity contribution in [2.75, 3.05) is 38.2 Å². The third-order valence-corrected chi connectivity index (χ3v) is 6.12. The lowest BCUT2D eigenvalue weighted by Gasteiger charge is -2.42. The maximum absolute atomic E-state index is 11.4. The minimum Gasteiger partial charge on any atom is -0.493 e. The molecule has 1 aliphatic carbocycles. The second-order valence-electron chi connectivity index (χ2n) is 8.16. The van der Waals surface area contributed by atoms with Crippen LogP contribution in [0.2, 0.25) is 0 Å². The molecule has 1 saturated heterocycles. The van der Waals surface area contributed by atoms with Gasteiger partial charge in [-0.1, -0.05) is 30.3 Å². The largest absolute Gasteiger partial charge is 0.493 e. The van der Waals surface area contributed by atoms with Crippen LogP contribution >= 0.6 is 0 Å². The summed E-state index contributed by atoms with van der Waals surface area (Å²) in [4.78, 5) is 15.8. The Kier molecular flexibility index (Phi) is 6.43. The van der Waals surface area contributed by atoms with E-state index in [2.05, 4.69) is 34.1 Å². The second-order valence-corrected chi connectivity index (χ2v) is 8.16. The summed E-state index contributed by atoms with van der Waals surface area (Å²) in [6, 6.07) is 16.5. The molecule has 4 rings (SSSR count). The van der Waals surface area contributed by atoms with Crippen LogP contribution in [-0.2, 0) is 11.2 Å². The zero-order valence-corrected chi connectivity index (χ0v) is 17.5. The third-order valence-electron chi connectivity index (χ3n) is 6.12. The predicted molar refractivity (Wildman–Crippen MR) is 117 cm³/mol. The molecule has 6 nitrogen and oxygen atoms in total. The van der Waals surface area contributed by atoms with Crippen LogP contribution < -0.4 is 14.4 Å². The first-order valence-electron chi connectivity index (χ1n) is 10.7. The Morgan fingerprint density at radius 3 is 2.57 bits per heavy atom. The van der Waals surface area contributed by atoms with Crippen LogP contribution in [0.5, 0.6) is 11.5 Å². The summed E-state index contributed by atoms with van der Waals surface area (Å²) < 4.78 is 11.7. The summed E-state index contributed by atoms with van der Waals surface area (Å²) in [5, 5.41) is 9.35. The highest BCUT2D eigenvalue weighted by Gasteiger charge is 2.29. The summed E-state index contributed by atoms with van der Waals surface area (Å²) >= 11 is 0. The molecule has 1 heterocycles. The van der Waals surface area contributed by atoms with Gasteiger partial charge in [-0.25, -0.2) is 0 Å². The Morgan fingerprint density at radius 1 is 1.10 bits per heavy atom. The number of benzene rings is 2. The van der Waals surface area contributed by atoms with Gasteiger partial charge in [-0.15, -0.1) is 0 Å². The van der Waals surface area contributed by atoms with Gasteiger partial charge >= 0.3 is 5.97 Å². The van der Waals surface area contributed by atoms with Crippen molar-refractivity contribution in [2.24, 2.45) is 0 Å². The SMILES string of the molecule is COc1ccc(N2CCN(CC(=O)O)[C@@H](Cc3ccccc3)C2)cc1OC1CCC1. The standard InChI is InChI=1S/C24H30N2O4/c1-29-22-11-10-19(15-23(22)30-21-8-5-9-21)25-12-13-26(17-24(27)28)20(16-25)14-18-6-3-2-4-7-18/h2-4,6-7,10-11,15,20-21H,5,8-9,12-14,16-17H2,1H3,(H,27,28)/t20-/m0/s1. The molecule has 2 aromatic rings. The maximum Gasteiger partial charge on any atom is 0.317 e. The highest BCUT2D eigenvalue weighted by Crippen LogP contribution is 2.36. The molecule has 0 spiro atoms. The van der Waals surface area contributed by atoms with E-state index in [1.165, 1.54) is 12.0 Å². The van der Waals surface area contributed by atoms with Crippen molar-refractivity contribution in [2.45, 2.75) is 37.8 Å². The average molecular weight is 411 g/mol. The lowest BCUT2D eigenvalue weighted by Crippen LogP contribution is -2.55. The number of nitrogens with zero attached hydrogens (tertiary/aromatic N) is 2. The molecule has 1 saturated carbocycles. The van der Waals surface area contributed by atoms with Gasteiger partial charge in [0.1, 0.15) is 0 Å². The molecule has 1 aliphatic heterocycles. The topological polar surface area (TPSA) is 62.2 Å². The van der Waals surface area contributed by atoms with Gasteiger partial charge in [0.2, 0.25) is 0 Å². The van der Waals surface area contributed by atoms with Crippen molar-refractivity contribution in [3.8, 4) is 11.5 Å². The first-order valence-corrected chi connectivity index (χ1v) is 10.7. The summed E-state index contributed by atoms with van der Waals surface area (Å²) in [7, 11) is 1.67. The Labute approximate surface area is 178 Å². The van der Waals surface area contributed by atoms with Gasteiger partial charge < -0.3 is 19.5 Å².